The fourth-order valence-electron chi connectivity index (χ4n) is 1.77. The number of hydrogen-bond donors (Lipinski definition) is 1. The molecule has 0 aromatic heterocycles. The molecule has 2 aromatic carbocycles. The highest BCUT2D eigenvalue weighted by Gasteiger charge is 2.04. The topological polar surface area (TPSA) is 38.7 Å². The van der Waals surface area contributed by atoms with Crippen LogP contribution >= 0.6 is 0 Å². The molecule has 0 aliphatic carbocycles. The first-order valence-electron chi connectivity index (χ1n) is 6.38. The quantitative estimate of drug-likeness (QED) is 0.878. The second-order valence-electron chi connectivity index (χ2n) is 4.23. The summed E-state index contributed by atoms with van der Waals surface area (Å²) >= 11 is 0. The molecule has 0 spiro atoms. The Labute approximate surface area is 122 Å². The average Bonchev–Trinajstić information content (AvgIpc) is 2.52. The zero-order valence-corrected chi connectivity index (χ0v) is 11.6. The molecule has 0 aliphatic rings. The van der Waals surface area contributed by atoms with Gasteiger partial charge in [0.1, 0.15) is 30.5 Å². The van der Waals surface area contributed by atoms with E-state index >= 15 is 0 Å². The maximum absolute atomic E-state index is 12.8. The molecule has 0 saturated carbocycles. The van der Waals surface area contributed by atoms with Gasteiger partial charge in [-0.15, -0.1) is 0 Å². The summed E-state index contributed by atoms with van der Waals surface area (Å²) in [6.07, 6.45) is 0. The predicted molar refractivity (Wildman–Crippen MR) is 77.7 cm³/mol. The molecule has 0 aliphatic heterocycles. The zero-order valence-electron chi connectivity index (χ0n) is 11.6. The third-order valence-corrected chi connectivity index (χ3v) is 2.82. The van der Waals surface area contributed by atoms with E-state index in [0.717, 1.165) is 11.1 Å². The molecule has 0 saturated heterocycles. The molecule has 0 amide bonds. The Balaban J connectivity index is 2.18. The van der Waals surface area contributed by atoms with Gasteiger partial charge in [-0.2, -0.15) is 0 Å². The van der Waals surface area contributed by atoms with Gasteiger partial charge in [-0.25, -0.2) is 4.39 Å². The van der Waals surface area contributed by atoms with Gasteiger partial charge in [-0.1, -0.05) is 11.8 Å². The van der Waals surface area contributed by atoms with E-state index in [0.29, 0.717) is 11.5 Å². The van der Waals surface area contributed by atoms with Crippen LogP contribution < -0.4 is 9.47 Å². The van der Waals surface area contributed by atoms with Gasteiger partial charge in [0.25, 0.3) is 0 Å². The van der Waals surface area contributed by atoms with Crippen LogP contribution in [0.15, 0.2) is 42.5 Å². The van der Waals surface area contributed by atoms with Crippen molar-refractivity contribution >= 4 is 0 Å². The summed E-state index contributed by atoms with van der Waals surface area (Å²) in [6.45, 7) is 0.0720. The number of ether oxygens (including phenoxy) is 2. The molecule has 3 nitrogen and oxygen atoms in total. The van der Waals surface area contributed by atoms with E-state index in [1.54, 1.807) is 25.3 Å². The van der Waals surface area contributed by atoms with Crippen molar-refractivity contribution in [3.05, 3.63) is 59.4 Å². The lowest BCUT2D eigenvalue weighted by molar-refractivity contribution is 0.304. The van der Waals surface area contributed by atoms with E-state index in [-0.39, 0.29) is 19.0 Å². The van der Waals surface area contributed by atoms with Gasteiger partial charge in [0, 0.05) is 11.1 Å². The van der Waals surface area contributed by atoms with Crippen LogP contribution in [0.1, 0.15) is 11.1 Å². The number of rotatable bonds is 4. The van der Waals surface area contributed by atoms with Gasteiger partial charge in [-0.05, 0) is 42.5 Å². The van der Waals surface area contributed by atoms with Crippen LogP contribution in [0.4, 0.5) is 4.39 Å². The summed E-state index contributed by atoms with van der Waals surface area (Å²) in [7, 11) is 1.58. The normalized spacial score (nSPS) is 9.67. The molecule has 0 unspecified atom stereocenters. The summed E-state index contributed by atoms with van der Waals surface area (Å²) in [5.74, 6) is 6.43. The third kappa shape index (κ3) is 4.23. The van der Waals surface area contributed by atoms with E-state index in [9.17, 15) is 4.39 Å². The fourth-order valence-corrected chi connectivity index (χ4v) is 1.77. The molecule has 108 valence electrons. The lowest BCUT2D eigenvalue weighted by Crippen LogP contribution is -1.99. The van der Waals surface area contributed by atoms with Crippen LogP contribution in [0.5, 0.6) is 11.5 Å². The first-order valence-corrected chi connectivity index (χ1v) is 6.38. The maximum atomic E-state index is 12.8. The Morgan fingerprint density at radius 2 is 1.81 bits per heavy atom. The summed E-state index contributed by atoms with van der Waals surface area (Å²) < 4.78 is 23.6. The van der Waals surface area contributed by atoms with E-state index in [1.807, 2.05) is 12.1 Å². The van der Waals surface area contributed by atoms with Gasteiger partial charge in [0.15, 0.2) is 0 Å². The molecule has 1 N–H and O–H groups in total. The molecular formula is C17H15FO3. The molecular weight excluding hydrogens is 271 g/mol. The maximum Gasteiger partial charge on any atom is 0.123 e. The van der Waals surface area contributed by atoms with Gasteiger partial charge in [0.2, 0.25) is 0 Å². The van der Waals surface area contributed by atoms with Crippen molar-refractivity contribution < 1.29 is 19.0 Å². The number of halogens is 1. The fraction of sp³-hybridized carbons (Fsp3) is 0.176. The third-order valence-electron chi connectivity index (χ3n) is 2.82. The number of aliphatic hydroxyl groups excluding tert-OH is 1. The van der Waals surface area contributed by atoms with Crippen LogP contribution in [-0.4, -0.2) is 18.8 Å². The van der Waals surface area contributed by atoms with Crippen molar-refractivity contribution in [1.82, 2.24) is 0 Å². The lowest BCUT2D eigenvalue weighted by Gasteiger charge is -2.10. The van der Waals surface area contributed by atoms with E-state index < -0.39 is 0 Å². The SMILES string of the molecule is COc1ccc(C#CCO)c(COc2ccc(F)cc2)c1. The molecule has 0 radical (unpaired) electrons. The molecule has 21 heavy (non-hydrogen) atoms. The largest absolute Gasteiger partial charge is 0.497 e. The second kappa shape index (κ2) is 7.32. The standard InChI is InChI=1S/C17H15FO3/c1-20-17-7-4-13(3-2-10-19)14(11-17)12-21-16-8-5-15(18)6-9-16/h4-9,11,19H,10,12H2,1H3. The van der Waals surface area contributed by atoms with Crippen molar-refractivity contribution in [3.8, 4) is 23.3 Å². The Bertz CT molecular complexity index is 654. The molecule has 2 aromatic rings. The van der Waals surface area contributed by atoms with Gasteiger partial charge in [-0.3, -0.25) is 0 Å². The monoisotopic (exact) mass is 286 g/mol. The summed E-state index contributed by atoms with van der Waals surface area (Å²) in [5.41, 5.74) is 1.59. The molecule has 2 rings (SSSR count). The summed E-state index contributed by atoms with van der Waals surface area (Å²) in [5, 5.41) is 8.79. The van der Waals surface area contributed by atoms with Crippen molar-refractivity contribution in [2.24, 2.45) is 0 Å². The van der Waals surface area contributed by atoms with Gasteiger partial charge >= 0.3 is 0 Å². The van der Waals surface area contributed by atoms with Crippen molar-refractivity contribution in [3.63, 3.8) is 0 Å². The first-order chi connectivity index (χ1) is 10.2. The van der Waals surface area contributed by atoms with Crippen LogP contribution in [0.25, 0.3) is 0 Å². The summed E-state index contributed by atoms with van der Waals surface area (Å²) in [4.78, 5) is 0. The zero-order chi connectivity index (χ0) is 15.1. The molecule has 0 fully saturated rings. The lowest BCUT2D eigenvalue weighted by atomic mass is 10.1. The second-order valence-corrected chi connectivity index (χ2v) is 4.23. The van der Waals surface area contributed by atoms with Crippen molar-refractivity contribution in [2.75, 3.05) is 13.7 Å². The Morgan fingerprint density at radius 1 is 1.10 bits per heavy atom. The van der Waals surface area contributed by atoms with E-state index in [2.05, 4.69) is 11.8 Å². The number of benzene rings is 2. The number of aliphatic hydroxyl groups is 1. The first kappa shape index (κ1) is 14.9. The minimum Gasteiger partial charge on any atom is -0.497 e. The minimum atomic E-state index is -0.307. The van der Waals surface area contributed by atoms with E-state index in [1.165, 1.54) is 12.1 Å². The van der Waals surface area contributed by atoms with Crippen molar-refractivity contribution in [1.29, 1.82) is 0 Å². The van der Waals surface area contributed by atoms with Crippen LogP contribution in [0, 0.1) is 17.7 Å². The molecule has 4 heteroatoms. The highest BCUT2D eigenvalue weighted by molar-refractivity contribution is 5.45. The summed E-state index contributed by atoms with van der Waals surface area (Å²) in [6, 6.07) is 11.2. The van der Waals surface area contributed by atoms with Gasteiger partial charge in [0.05, 0.1) is 7.11 Å². The van der Waals surface area contributed by atoms with Crippen LogP contribution in [0.3, 0.4) is 0 Å². The van der Waals surface area contributed by atoms with Crippen molar-refractivity contribution in [2.45, 2.75) is 6.61 Å². The highest BCUT2D eigenvalue weighted by Crippen LogP contribution is 2.20. The number of methoxy groups -OCH3 is 1. The molecule has 0 bridgehead atoms. The number of hydrogen-bond acceptors (Lipinski definition) is 3. The van der Waals surface area contributed by atoms with E-state index in [4.69, 9.17) is 14.6 Å². The minimum absolute atomic E-state index is 0.204. The molecule has 0 heterocycles. The van der Waals surface area contributed by atoms with Crippen LogP contribution in [-0.2, 0) is 6.61 Å². The predicted octanol–water partition coefficient (Wildman–Crippen LogP) is 2.76. The van der Waals surface area contributed by atoms with Crippen LogP contribution in [0.2, 0.25) is 0 Å². The Morgan fingerprint density at radius 3 is 2.48 bits per heavy atom. The molecule has 0 atom stereocenters. The Kier molecular flexibility index (Phi) is 5.19. The Hall–Kier alpha value is -2.51. The highest BCUT2D eigenvalue weighted by atomic mass is 19.1. The van der Waals surface area contributed by atoms with Gasteiger partial charge < -0.3 is 14.6 Å². The smallest absolute Gasteiger partial charge is 0.123 e. The average molecular weight is 286 g/mol.